The van der Waals surface area contributed by atoms with Crippen molar-refractivity contribution in [2.45, 2.75) is 35.5 Å². The fourth-order valence-corrected chi connectivity index (χ4v) is 4.81. The quantitative estimate of drug-likeness (QED) is 0.739. The Kier molecular flexibility index (Phi) is 5.87. The van der Waals surface area contributed by atoms with Gasteiger partial charge in [0.2, 0.25) is 9.84 Å². The lowest BCUT2D eigenvalue weighted by atomic mass is 10.0. The normalized spacial score (nSPS) is 17.6. The average Bonchev–Trinajstić information content (AvgIpc) is 2.74. The zero-order valence-corrected chi connectivity index (χ0v) is 16.0. The topological polar surface area (TPSA) is 109 Å². The first-order valence-corrected chi connectivity index (χ1v) is 10.3. The number of rotatable bonds is 5. The molecule has 1 saturated heterocycles. The first-order chi connectivity index (χ1) is 13.8. The van der Waals surface area contributed by atoms with Crippen molar-refractivity contribution in [3.8, 4) is 0 Å². The van der Waals surface area contributed by atoms with E-state index in [1.54, 1.807) is 0 Å². The summed E-state index contributed by atoms with van der Waals surface area (Å²) in [6.45, 7) is -0.0323. The molecule has 1 atom stereocenters. The highest BCUT2D eigenvalue weighted by molar-refractivity contribution is 7.92. The number of sulfone groups is 1. The Balaban J connectivity index is 1.94. The van der Waals surface area contributed by atoms with Gasteiger partial charge in [0.05, 0.1) is 23.0 Å². The summed E-state index contributed by atoms with van der Waals surface area (Å²) in [6.07, 6.45) is 3.37. The third kappa shape index (κ3) is 3.95. The molecule has 2 heterocycles. The number of carbonyl (C=O) groups excluding carboxylic acids is 2. The standard InChI is InChI=1S/C18H18F2N4O4S/c19-18(20,29(27,28)15-6-2-1-5-13(15)12-25)16-7-3-4-10-24(16)17(26)23-14-8-9-21-22-11-14/h1-2,5-6,8-9,11-12,16H,3-4,7,10H2,(H,21,23,26). The Bertz CT molecular complexity index is 1000. The Morgan fingerprint density at radius 3 is 2.66 bits per heavy atom. The fraction of sp³-hybridized carbons (Fsp3) is 0.333. The summed E-state index contributed by atoms with van der Waals surface area (Å²) in [4.78, 5) is 23.8. The highest BCUT2D eigenvalue weighted by Crippen LogP contribution is 2.39. The van der Waals surface area contributed by atoms with Crippen molar-refractivity contribution in [3.63, 3.8) is 0 Å². The van der Waals surface area contributed by atoms with Crippen LogP contribution < -0.4 is 5.32 Å². The van der Waals surface area contributed by atoms with Gasteiger partial charge in [-0.1, -0.05) is 18.2 Å². The van der Waals surface area contributed by atoms with E-state index in [0.717, 1.165) is 17.0 Å². The summed E-state index contributed by atoms with van der Waals surface area (Å²) in [5, 5.41) is 5.28. The van der Waals surface area contributed by atoms with Gasteiger partial charge in [-0.05, 0) is 31.4 Å². The van der Waals surface area contributed by atoms with Crippen LogP contribution in [0.2, 0.25) is 0 Å². The maximum absolute atomic E-state index is 15.3. The van der Waals surface area contributed by atoms with E-state index in [-0.39, 0.29) is 30.5 Å². The van der Waals surface area contributed by atoms with Gasteiger partial charge in [0, 0.05) is 12.1 Å². The van der Waals surface area contributed by atoms with Gasteiger partial charge in [-0.15, -0.1) is 0 Å². The van der Waals surface area contributed by atoms with E-state index in [9.17, 15) is 18.0 Å². The number of piperidine rings is 1. The second kappa shape index (κ2) is 8.19. The molecule has 0 saturated carbocycles. The minimum absolute atomic E-state index is 0.0323. The first kappa shape index (κ1) is 20.8. The van der Waals surface area contributed by atoms with Crippen molar-refractivity contribution >= 4 is 27.8 Å². The third-order valence-corrected chi connectivity index (χ3v) is 6.62. The molecule has 1 aromatic heterocycles. The number of benzene rings is 1. The molecule has 1 fully saturated rings. The van der Waals surface area contributed by atoms with Gasteiger partial charge in [-0.3, -0.25) is 4.79 Å². The van der Waals surface area contributed by atoms with Crippen molar-refractivity contribution in [2.24, 2.45) is 0 Å². The molecule has 1 unspecified atom stereocenters. The van der Waals surface area contributed by atoms with Crippen LogP contribution in [-0.2, 0) is 9.84 Å². The molecule has 0 spiro atoms. The molecule has 1 N–H and O–H groups in total. The summed E-state index contributed by atoms with van der Waals surface area (Å²) in [5.74, 6) is 0. The van der Waals surface area contributed by atoms with Crippen LogP contribution in [0.25, 0.3) is 0 Å². The van der Waals surface area contributed by atoms with Crippen LogP contribution in [0.15, 0.2) is 47.6 Å². The van der Waals surface area contributed by atoms with Crippen molar-refractivity contribution in [1.29, 1.82) is 0 Å². The fourth-order valence-electron chi connectivity index (χ4n) is 3.23. The molecule has 2 amide bonds. The highest BCUT2D eigenvalue weighted by atomic mass is 32.2. The average molecular weight is 424 g/mol. The van der Waals surface area contributed by atoms with Gasteiger partial charge in [0.15, 0.2) is 6.29 Å². The third-order valence-electron chi connectivity index (χ3n) is 4.68. The zero-order valence-electron chi connectivity index (χ0n) is 15.2. The van der Waals surface area contributed by atoms with Crippen LogP contribution in [-0.4, -0.2) is 53.7 Å². The molecule has 0 aliphatic carbocycles. The lowest BCUT2D eigenvalue weighted by Gasteiger charge is -2.39. The van der Waals surface area contributed by atoms with Crippen LogP contribution in [0.1, 0.15) is 29.6 Å². The molecular formula is C18H18F2N4O4S. The predicted molar refractivity (Wildman–Crippen MR) is 99.4 cm³/mol. The maximum atomic E-state index is 15.3. The van der Waals surface area contributed by atoms with E-state index < -0.39 is 32.1 Å². The number of nitrogens with zero attached hydrogens (tertiary/aromatic N) is 3. The number of nitrogens with one attached hydrogen (secondary N) is 1. The molecule has 1 aliphatic heterocycles. The molecule has 3 rings (SSSR count). The Morgan fingerprint density at radius 2 is 1.97 bits per heavy atom. The molecule has 0 radical (unpaired) electrons. The minimum atomic E-state index is -5.23. The molecule has 8 nitrogen and oxygen atoms in total. The van der Waals surface area contributed by atoms with Crippen LogP contribution in [0, 0.1) is 0 Å². The van der Waals surface area contributed by atoms with Crippen LogP contribution in [0.4, 0.5) is 19.3 Å². The van der Waals surface area contributed by atoms with Gasteiger partial charge in [-0.2, -0.15) is 19.0 Å². The van der Waals surface area contributed by atoms with Crippen LogP contribution in [0.3, 0.4) is 0 Å². The number of carbonyl (C=O) groups is 2. The number of alkyl halides is 2. The lowest BCUT2D eigenvalue weighted by Crippen LogP contribution is -2.57. The number of anilines is 1. The van der Waals surface area contributed by atoms with Crippen molar-refractivity contribution < 1.29 is 26.8 Å². The molecule has 154 valence electrons. The van der Waals surface area contributed by atoms with Gasteiger partial charge < -0.3 is 10.2 Å². The number of amides is 2. The Hall–Kier alpha value is -2.95. The lowest BCUT2D eigenvalue weighted by molar-refractivity contribution is -0.0108. The summed E-state index contributed by atoms with van der Waals surface area (Å²) < 4.78 is 56.1. The minimum Gasteiger partial charge on any atom is -0.314 e. The summed E-state index contributed by atoms with van der Waals surface area (Å²) >= 11 is 0. The predicted octanol–water partition coefficient (Wildman–Crippen LogP) is 2.74. The Morgan fingerprint density at radius 1 is 1.21 bits per heavy atom. The van der Waals surface area contributed by atoms with E-state index >= 15 is 8.78 Å². The number of urea groups is 1. The van der Waals surface area contributed by atoms with Crippen LogP contribution >= 0.6 is 0 Å². The number of likely N-dealkylation sites (tertiary alicyclic amines) is 1. The van der Waals surface area contributed by atoms with E-state index in [1.165, 1.54) is 30.6 Å². The summed E-state index contributed by atoms with van der Waals surface area (Å²) in [6, 6.07) is 3.44. The van der Waals surface area contributed by atoms with Crippen molar-refractivity contribution in [1.82, 2.24) is 15.1 Å². The van der Waals surface area contributed by atoms with E-state index in [4.69, 9.17) is 0 Å². The molecule has 1 aromatic carbocycles. The van der Waals surface area contributed by atoms with Crippen molar-refractivity contribution in [3.05, 3.63) is 48.3 Å². The molecule has 11 heteroatoms. The van der Waals surface area contributed by atoms with E-state index in [2.05, 4.69) is 15.5 Å². The first-order valence-electron chi connectivity index (χ1n) is 8.80. The van der Waals surface area contributed by atoms with Gasteiger partial charge in [0.25, 0.3) is 0 Å². The largest absolute Gasteiger partial charge is 0.369 e. The van der Waals surface area contributed by atoms with Crippen LogP contribution in [0.5, 0.6) is 0 Å². The molecule has 2 aromatic rings. The van der Waals surface area contributed by atoms with Gasteiger partial charge >= 0.3 is 11.3 Å². The Labute approximate surface area is 165 Å². The SMILES string of the molecule is O=Cc1ccccc1S(=O)(=O)C(F)(F)C1CCCCN1C(=O)Nc1ccnnc1. The highest BCUT2D eigenvalue weighted by Gasteiger charge is 2.56. The second-order valence-electron chi connectivity index (χ2n) is 6.49. The summed E-state index contributed by atoms with van der Waals surface area (Å²) in [5.41, 5.74) is -0.117. The molecule has 1 aliphatic rings. The van der Waals surface area contributed by atoms with E-state index in [1.807, 2.05) is 0 Å². The monoisotopic (exact) mass is 424 g/mol. The summed E-state index contributed by atoms with van der Waals surface area (Å²) in [7, 11) is -5.23. The molecule has 29 heavy (non-hydrogen) atoms. The number of halogens is 2. The number of aromatic nitrogens is 2. The van der Waals surface area contributed by atoms with Gasteiger partial charge in [-0.25, -0.2) is 13.2 Å². The number of aldehydes is 1. The van der Waals surface area contributed by atoms with Crippen molar-refractivity contribution in [2.75, 3.05) is 11.9 Å². The van der Waals surface area contributed by atoms with Gasteiger partial charge in [0.1, 0.15) is 6.04 Å². The number of hydrogen-bond donors (Lipinski definition) is 1. The number of hydrogen-bond acceptors (Lipinski definition) is 6. The maximum Gasteiger partial charge on any atom is 0.369 e. The smallest absolute Gasteiger partial charge is 0.314 e. The van der Waals surface area contributed by atoms with E-state index in [0.29, 0.717) is 12.8 Å². The molecular weight excluding hydrogens is 406 g/mol. The molecule has 0 bridgehead atoms. The second-order valence-corrected chi connectivity index (χ2v) is 8.48. The zero-order chi connectivity index (χ0) is 21.1.